The van der Waals surface area contributed by atoms with Gasteiger partial charge in [-0.3, -0.25) is 0 Å². The molecule has 4 nitrogen and oxygen atoms in total. The highest BCUT2D eigenvalue weighted by atomic mass is 16.6. The third-order valence-corrected chi connectivity index (χ3v) is 4.11. The fourth-order valence-electron chi connectivity index (χ4n) is 2.94. The van der Waals surface area contributed by atoms with E-state index in [9.17, 15) is 9.90 Å². The van der Waals surface area contributed by atoms with Gasteiger partial charge in [-0.25, -0.2) is 4.79 Å². The Morgan fingerprint density at radius 1 is 1.38 bits per heavy atom. The molecule has 1 fully saturated rings. The molecule has 1 N–H and O–H groups in total. The van der Waals surface area contributed by atoms with Gasteiger partial charge in [0.15, 0.2) is 0 Å². The fourth-order valence-corrected chi connectivity index (χ4v) is 2.94. The third kappa shape index (κ3) is 5.68. The Bertz CT molecular complexity index is 548. The molecule has 1 aromatic rings. The van der Waals surface area contributed by atoms with Gasteiger partial charge in [0.1, 0.15) is 5.60 Å². The molecule has 0 radical (unpaired) electrons. The van der Waals surface area contributed by atoms with E-state index in [1.807, 2.05) is 45.0 Å². The van der Waals surface area contributed by atoms with Crippen LogP contribution in [0.15, 0.2) is 42.5 Å². The molecule has 24 heavy (non-hydrogen) atoms. The number of hydrogen-bond donors (Lipinski definition) is 1. The van der Waals surface area contributed by atoms with Crippen molar-refractivity contribution in [2.75, 3.05) is 13.2 Å². The number of rotatable bonds is 5. The summed E-state index contributed by atoms with van der Waals surface area (Å²) < 4.78 is 5.48. The van der Waals surface area contributed by atoms with Crippen molar-refractivity contribution in [1.29, 1.82) is 0 Å². The Kier molecular flexibility index (Phi) is 6.44. The first-order chi connectivity index (χ1) is 11.4. The first-order valence-corrected chi connectivity index (χ1v) is 8.72. The van der Waals surface area contributed by atoms with Gasteiger partial charge in [-0.15, -0.1) is 0 Å². The Morgan fingerprint density at radius 3 is 2.71 bits per heavy atom. The van der Waals surface area contributed by atoms with Crippen molar-refractivity contribution in [1.82, 2.24) is 4.90 Å². The van der Waals surface area contributed by atoms with Gasteiger partial charge in [0.25, 0.3) is 0 Å². The van der Waals surface area contributed by atoms with Crippen LogP contribution < -0.4 is 0 Å². The van der Waals surface area contributed by atoms with Crippen LogP contribution in [0.4, 0.5) is 4.79 Å². The minimum absolute atomic E-state index is 0.0599. The molecule has 1 amide bonds. The molecule has 1 aliphatic heterocycles. The van der Waals surface area contributed by atoms with Crippen molar-refractivity contribution in [3.8, 4) is 0 Å². The van der Waals surface area contributed by atoms with E-state index >= 15 is 0 Å². The standard InChI is InChI=1S/C20H29NO3/c1-20(2,3)24-19(23)21-13-7-10-18(21)12-11-17(15-22)14-16-8-5-4-6-9-16/h4-6,8-9,11-12,17-18,22H,7,10,13-15H2,1-3H3/b12-11-/t17-,18-/m0/s1. The minimum atomic E-state index is -0.477. The monoisotopic (exact) mass is 331 g/mol. The maximum absolute atomic E-state index is 12.3. The number of nitrogens with zero attached hydrogens (tertiary/aromatic N) is 1. The molecular formula is C20H29NO3. The molecule has 0 saturated carbocycles. The highest BCUT2D eigenvalue weighted by Crippen LogP contribution is 2.22. The van der Waals surface area contributed by atoms with Crippen LogP contribution >= 0.6 is 0 Å². The van der Waals surface area contributed by atoms with Gasteiger partial charge in [0, 0.05) is 19.1 Å². The second-order valence-corrected chi connectivity index (χ2v) is 7.40. The largest absolute Gasteiger partial charge is 0.444 e. The van der Waals surface area contributed by atoms with Crippen LogP contribution in [0.1, 0.15) is 39.2 Å². The molecule has 2 atom stereocenters. The van der Waals surface area contributed by atoms with Gasteiger partial charge in [0.05, 0.1) is 6.04 Å². The van der Waals surface area contributed by atoms with Gasteiger partial charge < -0.3 is 14.7 Å². The zero-order valence-corrected chi connectivity index (χ0v) is 14.9. The Morgan fingerprint density at radius 2 is 2.08 bits per heavy atom. The van der Waals surface area contributed by atoms with Crippen LogP contribution in [-0.4, -0.2) is 40.9 Å². The van der Waals surface area contributed by atoms with E-state index in [0.717, 1.165) is 25.8 Å². The highest BCUT2D eigenvalue weighted by Gasteiger charge is 2.30. The molecular weight excluding hydrogens is 302 g/mol. The molecule has 0 aromatic heterocycles. The lowest BCUT2D eigenvalue weighted by Gasteiger charge is -2.27. The predicted octanol–water partition coefficient (Wildman–Crippen LogP) is 3.79. The summed E-state index contributed by atoms with van der Waals surface area (Å²) in [4.78, 5) is 14.1. The van der Waals surface area contributed by atoms with Crippen molar-refractivity contribution < 1.29 is 14.6 Å². The molecule has 4 heteroatoms. The van der Waals surface area contributed by atoms with E-state index in [-0.39, 0.29) is 24.7 Å². The van der Waals surface area contributed by atoms with E-state index in [1.54, 1.807) is 4.90 Å². The third-order valence-electron chi connectivity index (χ3n) is 4.11. The first kappa shape index (κ1) is 18.5. The lowest BCUT2D eigenvalue weighted by molar-refractivity contribution is 0.0255. The maximum atomic E-state index is 12.3. The summed E-state index contributed by atoms with van der Waals surface area (Å²) in [6, 6.07) is 10.2. The number of likely N-dealkylation sites (tertiary alicyclic amines) is 1. The summed E-state index contributed by atoms with van der Waals surface area (Å²) in [7, 11) is 0. The molecule has 1 saturated heterocycles. The highest BCUT2D eigenvalue weighted by molar-refractivity contribution is 5.69. The van der Waals surface area contributed by atoms with Gasteiger partial charge >= 0.3 is 6.09 Å². The Balaban J connectivity index is 1.96. The number of ether oxygens (including phenoxy) is 1. The lowest BCUT2D eigenvalue weighted by Crippen LogP contribution is -2.39. The number of amides is 1. The summed E-state index contributed by atoms with van der Waals surface area (Å²) in [6.45, 7) is 6.48. The van der Waals surface area contributed by atoms with E-state index < -0.39 is 5.60 Å². The molecule has 1 heterocycles. The summed E-state index contributed by atoms with van der Waals surface area (Å²) in [5.74, 6) is 0.0634. The van der Waals surface area contributed by atoms with Crippen LogP contribution in [0, 0.1) is 5.92 Å². The van der Waals surface area contributed by atoms with Crippen LogP contribution in [0.3, 0.4) is 0 Å². The van der Waals surface area contributed by atoms with Gasteiger partial charge in [-0.2, -0.15) is 0 Å². The Labute approximate surface area is 145 Å². The van der Waals surface area contributed by atoms with Crippen LogP contribution in [0.25, 0.3) is 0 Å². The normalized spacial score (nSPS) is 19.7. The summed E-state index contributed by atoms with van der Waals surface area (Å²) in [5, 5.41) is 9.63. The zero-order valence-electron chi connectivity index (χ0n) is 14.9. The molecule has 2 rings (SSSR count). The number of carbonyl (C=O) groups is 1. The van der Waals surface area contributed by atoms with Crippen LogP contribution in [0.2, 0.25) is 0 Å². The number of carbonyl (C=O) groups excluding carboxylic acids is 1. The van der Waals surface area contributed by atoms with E-state index in [0.29, 0.717) is 0 Å². The van der Waals surface area contributed by atoms with Crippen molar-refractivity contribution in [2.24, 2.45) is 5.92 Å². The summed E-state index contributed by atoms with van der Waals surface area (Å²) >= 11 is 0. The van der Waals surface area contributed by atoms with E-state index in [1.165, 1.54) is 5.56 Å². The SMILES string of the molecule is CC(C)(C)OC(=O)N1CCC[C@H]1/C=C\[C@H](CO)Cc1ccccc1. The Hall–Kier alpha value is -1.81. The molecule has 0 aliphatic carbocycles. The predicted molar refractivity (Wildman–Crippen MR) is 95.8 cm³/mol. The van der Waals surface area contributed by atoms with Crippen molar-refractivity contribution in [3.63, 3.8) is 0 Å². The van der Waals surface area contributed by atoms with Crippen LogP contribution in [-0.2, 0) is 11.2 Å². The quantitative estimate of drug-likeness (QED) is 0.835. The molecule has 1 aromatic carbocycles. The lowest BCUT2D eigenvalue weighted by atomic mass is 9.98. The molecule has 132 valence electrons. The summed E-state index contributed by atoms with van der Waals surface area (Å²) in [6.07, 6.45) is 6.57. The van der Waals surface area contributed by atoms with Gasteiger partial charge in [-0.1, -0.05) is 42.5 Å². The van der Waals surface area contributed by atoms with Crippen molar-refractivity contribution in [3.05, 3.63) is 48.0 Å². The molecule has 0 bridgehead atoms. The molecule has 0 spiro atoms. The smallest absolute Gasteiger partial charge is 0.410 e. The van der Waals surface area contributed by atoms with Crippen LogP contribution in [0.5, 0.6) is 0 Å². The minimum Gasteiger partial charge on any atom is -0.444 e. The van der Waals surface area contributed by atoms with Gasteiger partial charge in [-0.05, 0) is 45.6 Å². The van der Waals surface area contributed by atoms with Gasteiger partial charge in [0.2, 0.25) is 0 Å². The topological polar surface area (TPSA) is 49.8 Å². The molecule has 1 aliphatic rings. The summed E-state index contributed by atoms with van der Waals surface area (Å²) in [5.41, 5.74) is 0.728. The second kappa shape index (κ2) is 8.34. The van der Waals surface area contributed by atoms with Crippen molar-refractivity contribution >= 4 is 6.09 Å². The fraction of sp³-hybridized carbons (Fsp3) is 0.550. The maximum Gasteiger partial charge on any atom is 0.410 e. The number of aliphatic hydroxyl groups excluding tert-OH is 1. The molecule has 0 unspecified atom stereocenters. The van der Waals surface area contributed by atoms with E-state index in [4.69, 9.17) is 4.74 Å². The number of hydrogen-bond acceptors (Lipinski definition) is 3. The number of benzene rings is 1. The first-order valence-electron chi connectivity index (χ1n) is 8.72. The van der Waals surface area contributed by atoms with E-state index in [2.05, 4.69) is 18.2 Å². The zero-order chi connectivity index (χ0) is 17.6. The number of aliphatic hydroxyl groups is 1. The average molecular weight is 331 g/mol. The second-order valence-electron chi connectivity index (χ2n) is 7.40. The van der Waals surface area contributed by atoms with Crippen molar-refractivity contribution in [2.45, 2.75) is 51.7 Å². The average Bonchev–Trinajstić information content (AvgIpc) is 2.99.